The van der Waals surface area contributed by atoms with E-state index in [0.717, 1.165) is 26.0 Å². The Morgan fingerprint density at radius 3 is 2.64 bits per heavy atom. The number of nitro groups is 1. The molecule has 13 heteroatoms. The standard InChI is InChI=1S/C31H31N4O7S2/c1-17-24(23-14-33-16-32(29(43-4)30(33)44-23)13-20-6-5-7-22(12-20)41-3)27(34-26(17)25(18(2)36)28(34)37)31(38)42-15-19-8-10-21(11-9-19)35(39)40/h5-12,14,16-18,25-26,36H,13,15H2,1-4H3/q+1/t17-,18+,25+,26+/m0/s1. The summed E-state index contributed by atoms with van der Waals surface area (Å²) < 4.78 is 15.3. The lowest BCUT2D eigenvalue weighted by molar-refractivity contribution is -0.721. The number of aliphatic hydroxyl groups is 1. The summed E-state index contributed by atoms with van der Waals surface area (Å²) in [6, 6.07) is 13.3. The number of hydrogen-bond donors (Lipinski definition) is 1. The summed E-state index contributed by atoms with van der Waals surface area (Å²) in [5, 5.41) is 22.4. The first kappa shape index (κ1) is 29.9. The molecule has 1 saturated heterocycles. The van der Waals surface area contributed by atoms with Crippen molar-refractivity contribution in [1.82, 2.24) is 9.30 Å². The Hall–Kier alpha value is -4.20. The zero-order chi connectivity index (χ0) is 31.3. The topological polar surface area (TPSA) is 128 Å². The van der Waals surface area contributed by atoms with Gasteiger partial charge in [-0.2, -0.15) is 4.40 Å². The fraction of sp³-hybridized carbons (Fsp3) is 0.323. The maximum absolute atomic E-state index is 13.7. The number of ether oxygens (including phenoxy) is 2. The molecule has 2 aliphatic rings. The third-order valence-electron chi connectivity index (χ3n) is 8.23. The zero-order valence-electron chi connectivity index (χ0n) is 24.5. The van der Waals surface area contributed by atoms with Crippen molar-refractivity contribution in [2.24, 2.45) is 11.8 Å². The largest absolute Gasteiger partial charge is 0.497 e. The lowest BCUT2D eigenvalue weighted by atomic mass is 9.77. The Morgan fingerprint density at radius 2 is 1.98 bits per heavy atom. The van der Waals surface area contributed by atoms with Crippen LogP contribution in [-0.4, -0.2) is 56.7 Å². The molecule has 0 spiro atoms. The number of non-ortho nitro benzene ring substituents is 1. The number of fused-ring (bicyclic) bond motifs is 2. The molecule has 228 valence electrons. The average molecular weight is 636 g/mol. The van der Waals surface area contributed by atoms with Crippen LogP contribution in [0, 0.1) is 22.0 Å². The van der Waals surface area contributed by atoms with Crippen LogP contribution in [0.15, 0.2) is 71.8 Å². The van der Waals surface area contributed by atoms with E-state index >= 15 is 0 Å². The quantitative estimate of drug-likeness (QED) is 0.0683. The maximum atomic E-state index is 13.7. The normalized spacial score (nSPS) is 20.1. The molecule has 1 amide bonds. The third kappa shape index (κ3) is 5.04. The van der Waals surface area contributed by atoms with Crippen molar-refractivity contribution in [2.45, 2.75) is 44.2 Å². The Balaban J connectivity index is 1.34. The number of methoxy groups -OCH3 is 1. The van der Waals surface area contributed by atoms with E-state index < -0.39 is 22.9 Å². The van der Waals surface area contributed by atoms with Gasteiger partial charge in [-0.05, 0) is 48.6 Å². The Morgan fingerprint density at radius 1 is 1.23 bits per heavy atom. The number of β-lactam (4-membered cyclic amide) rings is 1. The van der Waals surface area contributed by atoms with Crippen LogP contribution >= 0.6 is 23.1 Å². The third-order valence-corrected chi connectivity index (χ3v) is 10.3. The van der Waals surface area contributed by atoms with E-state index in [2.05, 4.69) is 10.6 Å². The molecule has 0 aliphatic carbocycles. The molecular weight excluding hydrogens is 604 g/mol. The van der Waals surface area contributed by atoms with Crippen molar-refractivity contribution in [3.63, 3.8) is 0 Å². The summed E-state index contributed by atoms with van der Waals surface area (Å²) >= 11 is 3.16. The molecule has 0 bridgehead atoms. The van der Waals surface area contributed by atoms with Crippen LogP contribution in [0.5, 0.6) is 5.75 Å². The molecule has 11 nitrogen and oxygen atoms in total. The molecule has 0 radical (unpaired) electrons. The van der Waals surface area contributed by atoms with Crippen molar-refractivity contribution in [1.29, 1.82) is 0 Å². The number of thioether (sulfide) groups is 1. The van der Waals surface area contributed by atoms with Crippen LogP contribution in [0.3, 0.4) is 0 Å². The van der Waals surface area contributed by atoms with E-state index in [0.29, 0.717) is 17.7 Å². The van der Waals surface area contributed by atoms with Gasteiger partial charge >= 0.3 is 5.97 Å². The number of benzene rings is 2. The molecule has 2 aromatic carbocycles. The molecule has 4 heterocycles. The van der Waals surface area contributed by atoms with Gasteiger partial charge < -0.3 is 19.5 Å². The van der Waals surface area contributed by atoms with Gasteiger partial charge in [-0.15, -0.1) is 0 Å². The van der Waals surface area contributed by atoms with Gasteiger partial charge in [-0.3, -0.25) is 14.9 Å². The molecule has 4 atom stereocenters. The molecule has 4 aromatic rings. The summed E-state index contributed by atoms with van der Waals surface area (Å²) in [6.07, 6.45) is 5.16. The van der Waals surface area contributed by atoms with Crippen molar-refractivity contribution >= 4 is 51.1 Å². The maximum Gasteiger partial charge on any atom is 0.355 e. The SMILES string of the molecule is COc1cccc(C[n+]2cn3cc(C4=C(C(=O)OCc5ccc([N+](=O)[O-])cc5)N5C(=O)[C@H]([C@@H](C)O)[C@H]5[C@H]4C)sc3c2SC)c1. The van der Waals surface area contributed by atoms with E-state index in [4.69, 9.17) is 9.47 Å². The molecule has 2 aliphatic heterocycles. The van der Waals surface area contributed by atoms with Crippen LogP contribution in [0.2, 0.25) is 0 Å². The first-order valence-corrected chi connectivity index (χ1v) is 16.0. The number of esters is 1. The Kier molecular flexibility index (Phi) is 7.95. The Labute approximate surface area is 261 Å². The van der Waals surface area contributed by atoms with Crippen molar-refractivity contribution in [2.75, 3.05) is 13.4 Å². The fourth-order valence-electron chi connectivity index (χ4n) is 6.16. The summed E-state index contributed by atoms with van der Waals surface area (Å²) in [6.45, 7) is 4.11. The molecule has 0 unspecified atom stereocenters. The number of hydrogen-bond acceptors (Lipinski definition) is 9. The predicted octanol–water partition coefficient (Wildman–Crippen LogP) is 4.29. The molecular formula is C31H31N4O7S2+. The van der Waals surface area contributed by atoms with Crippen LogP contribution in [0.4, 0.5) is 5.69 Å². The number of aromatic nitrogens is 2. The molecule has 0 saturated carbocycles. The number of amides is 1. The van der Waals surface area contributed by atoms with E-state index in [1.165, 1.54) is 40.5 Å². The number of imidazole rings is 1. The summed E-state index contributed by atoms with van der Waals surface area (Å²) in [7, 11) is 1.65. The molecule has 1 fully saturated rings. The van der Waals surface area contributed by atoms with Crippen molar-refractivity contribution in [3.05, 3.63) is 92.9 Å². The van der Waals surface area contributed by atoms with Gasteiger partial charge in [0.1, 0.15) is 30.8 Å². The first-order valence-electron chi connectivity index (χ1n) is 14.0. The lowest BCUT2D eigenvalue weighted by Crippen LogP contribution is -2.63. The van der Waals surface area contributed by atoms with E-state index in [-0.39, 0.29) is 35.9 Å². The average Bonchev–Trinajstić information content (AvgIpc) is 3.62. The molecule has 6 rings (SSSR count). The van der Waals surface area contributed by atoms with Gasteiger partial charge in [-0.1, -0.05) is 42.2 Å². The highest BCUT2D eigenvalue weighted by Gasteiger charge is 2.60. The van der Waals surface area contributed by atoms with Crippen LogP contribution in [0.25, 0.3) is 10.4 Å². The fourth-order valence-corrected chi connectivity index (χ4v) is 8.34. The van der Waals surface area contributed by atoms with Gasteiger partial charge in [0.25, 0.3) is 12.0 Å². The monoisotopic (exact) mass is 635 g/mol. The molecule has 2 aromatic heterocycles. The zero-order valence-corrected chi connectivity index (χ0v) is 26.1. The molecule has 1 N–H and O–H groups in total. The highest BCUT2D eigenvalue weighted by atomic mass is 32.2. The number of thiazole rings is 1. The van der Waals surface area contributed by atoms with Gasteiger partial charge in [0.15, 0.2) is 0 Å². The smallest absolute Gasteiger partial charge is 0.355 e. The number of nitro benzene ring substituents is 1. The van der Waals surface area contributed by atoms with Crippen molar-refractivity contribution in [3.8, 4) is 5.75 Å². The minimum absolute atomic E-state index is 0.0589. The van der Waals surface area contributed by atoms with E-state index in [9.17, 15) is 24.8 Å². The van der Waals surface area contributed by atoms with Crippen LogP contribution in [0.1, 0.15) is 29.9 Å². The minimum atomic E-state index is -0.861. The number of nitrogens with zero attached hydrogens (tertiary/aromatic N) is 4. The molecule has 44 heavy (non-hydrogen) atoms. The van der Waals surface area contributed by atoms with Crippen LogP contribution in [-0.2, 0) is 27.5 Å². The second kappa shape index (κ2) is 11.7. The highest BCUT2D eigenvalue weighted by molar-refractivity contribution is 7.98. The summed E-state index contributed by atoms with van der Waals surface area (Å²) in [4.78, 5) is 40.7. The first-order chi connectivity index (χ1) is 21.1. The predicted molar refractivity (Wildman–Crippen MR) is 164 cm³/mol. The number of rotatable bonds is 10. The van der Waals surface area contributed by atoms with Crippen LogP contribution < -0.4 is 9.30 Å². The summed E-state index contributed by atoms with van der Waals surface area (Å²) in [5.41, 5.74) is 2.52. The second-order valence-electron chi connectivity index (χ2n) is 10.9. The minimum Gasteiger partial charge on any atom is -0.497 e. The van der Waals surface area contributed by atoms with Gasteiger partial charge in [-0.25, -0.2) is 9.36 Å². The van der Waals surface area contributed by atoms with E-state index in [1.807, 2.05) is 48.3 Å². The Bertz CT molecular complexity index is 1810. The van der Waals surface area contributed by atoms with Crippen molar-refractivity contribution < 1.29 is 33.7 Å². The van der Waals surface area contributed by atoms with Gasteiger partial charge in [0.2, 0.25) is 15.8 Å². The number of carbonyl (C=O) groups is 2. The lowest BCUT2D eigenvalue weighted by Gasteiger charge is -2.46. The number of carbonyl (C=O) groups excluding carboxylic acids is 2. The highest BCUT2D eigenvalue weighted by Crippen LogP contribution is 2.52. The summed E-state index contributed by atoms with van der Waals surface area (Å²) in [5.74, 6) is -1.00. The van der Waals surface area contributed by atoms with E-state index in [1.54, 1.807) is 25.8 Å². The van der Waals surface area contributed by atoms with Gasteiger partial charge in [0.05, 0.1) is 35.0 Å². The number of aliphatic hydroxyl groups excluding tert-OH is 1. The van der Waals surface area contributed by atoms with Gasteiger partial charge in [0, 0.05) is 23.6 Å². The second-order valence-corrected chi connectivity index (χ2v) is 12.8.